The highest BCUT2D eigenvalue weighted by atomic mass is 32.2. The van der Waals surface area contributed by atoms with Gasteiger partial charge in [-0.15, -0.1) is 0 Å². The van der Waals surface area contributed by atoms with Gasteiger partial charge in [0.25, 0.3) is 0 Å². The number of hydrogen-bond donors (Lipinski definition) is 1. The minimum absolute atomic E-state index is 0.00943. The van der Waals surface area contributed by atoms with Gasteiger partial charge in [0.05, 0.1) is 7.11 Å². The fraction of sp³-hybridized carbons (Fsp3) is 0.435. The molecule has 2 rings (SSSR count). The van der Waals surface area contributed by atoms with Crippen molar-refractivity contribution >= 4 is 16.1 Å². The summed E-state index contributed by atoms with van der Waals surface area (Å²) in [7, 11) is -2.80. The van der Waals surface area contributed by atoms with E-state index in [0.29, 0.717) is 12.1 Å². The van der Waals surface area contributed by atoms with Gasteiger partial charge >= 0.3 is 16.1 Å². The van der Waals surface area contributed by atoms with E-state index in [1.165, 1.54) is 13.2 Å². The van der Waals surface area contributed by atoms with Crippen LogP contribution in [0, 0.1) is 5.82 Å². The SMILES string of the molecule is CCCCNC(=O)N(Cc1ccc(OC)c(OS(=O)(=O)c2ccc(F)cc2)c1)C(C)CC. The highest BCUT2D eigenvalue weighted by molar-refractivity contribution is 7.87. The molecule has 0 bridgehead atoms. The van der Waals surface area contributed by atoms with Crippen LogP contribution in [0.5, 0.6) is 11.5 Å². The summed E-state index contributed by atoms with van der Waals surface area (Å²) in [5.41, 5.74) is 0.682. The third-order valence-corrected chi connectivity index (χ3v) is 6.32. The molecule has 0 saturated carbocycles. The molecule has 0 heterocycles. The van der Waals surface area contributed by atoms with Crippen LogP contribution in [0.3, 0.4) is 0 Å². The molecule has 0 aliphatic carbocycles. The van der Waals surface area contributed by atoms with Crippen LogP contribution in [-0.4, -0.2) is 39.0 Å². The molecule has 7 nitrogen and oxygen atoms in total. The lowest BCUT2D eigenvalue weighted by Gasteiger charge is -2.29. The van der Waals surface area contributed by atoms with E-state index in [1.54, 1.807) is 17.0 Å². The van der Waals surface area contributed by atoms with Crippen molar-refractivity contribution in [3.63, 3.8) is 0 Å². The van der Waals surface area contributed by atoms with Crippen LogP contribution in [0.1, 0.15) is 45.6 Å². The van der Waals surface area contributed by atoms with Crippen LogP contribution in [0.25, 0.3) is 0 Å². The van der Waals surface area contributed by atoms with Crippen molar-refractivity contribution in [2.24, 2.45) is 0 Å². The summed E-state index contributed by atoms with van der Waals surface area (Å²) >= 11 is 0. The number of ether oxygens (including phenoxy) is 1. The minimum atomic E-state index is -4.20. The Morgan fingerprint density at radius 2 is 1.81 bits per heavy atom. The van der Waals surface area contributed by atoms with Gasteiger partial charge < -0.3 is 19.1 Å². The number of nitrogens with one attached hydrogen (secondary N) is 1. The van der Waals surface area contributed by atoms with Gasteiger partial charge in [-0.05, 0) is 61.7 Å². The van der Waals surface area contributed by atoms with Gasteiger partial charge in [0.15, 0.2) is 11.5 Å². The normalized spacial score (nSPS) is 12.2. The topological polar surface area (TPSA) is 84.9 Å². The van der Waals surface area contributed by atoms with Gasteiger partial charge in [-0.3, -0.25) is 0 Å². The summed E-state index contributed by atoms with van der Waals surface area (Å²) < 4.78 is 49.0. The van der Waals surface area contributed by atoms with Crippen LogP contribution < -0.4 is 14.2 Å². The summed E-state index contributed by atoms with van der Waals surface area (Å²) in [5, 5.41) is 2.93. The number of methoxy groups -OCH3 is 1. The van der Waals surface area contributed by atoms with Gasteiger partial charge in [-0.1, -0.05) is 26.3 Å². The number of carbonyl (C=O) groups excluding carboxylic acids is 1. The van der Waals surface area contributed by atoms with E-state index < -0.39 is 15.9 Å². The van der Waals surface area contributed by atoms with Gasteiger partial charge in [-0.25, -0.2) is 9.18 Å². The Balaban J connectivity index is 2.28. The Hall–Kier alpha value is -2.81. The fourth-order valence-corrected chi connectivity index (χ4v) is 3.90. The molecule has 1 atom stereocenters. The second-order valence-corrected chi connectivity index (χ2v) is 8.99. The highest BCUT2D eigenvalue weighted by Gasteiger charge is 2.22. The zero-order valence-corrected chi connectivity index (χ0v) is 19.7. The average molecular weight is 467 g/mol. The maximum absolute atomic E-state index is 13.2. The summed E-state index contributed by atoms with van der Waals surface area (Å²) in [6, 6.07) is 9.04. The quantitative estimate of drug-likeness (QED) is 0.383. The number of urea groups is 1. The molecular weight excluding hydrogens is 435 g/mol. The zero-order valence-electron chi connectivity index (χ0n) is 18.9. The van der Waals surface area contributed by atoms with Crippen molar-refractivity contribution in [1.29, 1.82) is 0 Å². The second kappa shape index (κ2) is 11.7. The van der Waals surface area contributed by atoms with Crippen LogP contribution in [0.15, 0.2) is 47.4 Å². The molecule has 0 aliphatic heterocycles. The summed E-state index contributed by atoms with van der Waals surface area (Å²) in [5.74, 6) is -0.336. The third kappa shape index (κ3) is 6.85. The fourth-order valence-electron chi connectivity index (χ4n) is 2.97. The lowest BCUT2D eigenvalue weighted by molar-refractivity contribution is 0.173. The molecule has 0 spiro atoms. The number of benzene rings is 2. The minimum Gasteiger partial charge on any atom is -0.493 e. The molecule has 2 aromatic rings. The number of halogens is 1. The Bertz CT molecular complexity index is 996. The predicted molar refractivity (Wildman–Crippen MR) is 121 cm³/mol. The smallest absolute Gasteiger partial charge is 0.339 e. The molecule has 32 heavy (non-hydrogen) atoms. The van der Waals surface area contributed by atoms with E-state index in [2.05, 4.69) is 12.2 Å². The van der Waals surface area contributed by atoms with E-state index in [9.17, 15) is 17.6 Å². The maximum Gasteiger partial charge on any atom is 0.339 e. The first-order valence-electron chi connectivity index (χ1n) is 10.6. The van der Waals surface area contributed by atoms with Crippen molar-refractivity contribution in [2.45, 2.75) is 57.5 Å². The van der Waals surface area contributed by atoms with E-state index in [-0.39, 0.29) is 35.0 Å². The molecular formula is C23H31FN2O5S. The molecule has 2 amide bonds. The first kappa shape index (κ1) is 25.5. The van der Waals surface area contributed by atoms with Gasteiger partial charge in [-0.2, -0.15) is 8.42 Å². The lowest BCUT2D eigenvalue weighted by atomic mass is 10.1. The first-order chi connectivity index (χ1) is 15.2. The van der Waals surface area contributed by atoms with Gasteiger partial charge in [0.2, 0.25) is 0 Å². The number of nitrogens with zero attached hydrogens (tertiary/aromatic N) is 1. The summed E-state index contributed by atoms with van der Waals surface area (Å²) in [6.07, 6.45) is 2.63. The molecule has 1 unspecified atom stereocenters. The highest BCUT2D eigenvalue weighted by Crippen LogP contribution is 2.31. The van der Waals surface area contributed by atoms with Crippen molar-refractivity contribution in [1.82, 2.24) is 10.2 Å². The average Bonchev–Trinajstić information content (AvgIpc) is 2.77. The predicted octanol–water partition coefficient (Wildman–Crippen LogP) is 4.71. The van der Waals surface area contributed by atoms with Gasteiger partial charge in [0, 0.05) is 19.1 Å². The second-order valence-electron chi connectivity index (χ2n) is 7.45. The molecule has 0 radical (unpaired) electrons. The number of rotatable bonds is 11. The molecule has 2 aromatic carbocycles. The molecule has 0 fully saturated rings. The Labute approximate surface area is 189 Å². The summed E-state index contributed by atoms with van der Waals surface area (Å²) in [6.45, 7) is 6.87. The number of amides is 2. The van der Waals surface area contributed by atoms with Crippen LogP contribution >= 0.6 is 0 Å². The van der Waals surface area contributed by atoms with Crippen molar-refractivity contribution in [3.05, 3.63) is 53.8 Å². The summed E-state index contributed by atoms with van der Waals surface area (Å²) in [4.78, 5) is 14.2. The molecule has 1 N–H and O–H groups in total. The zero-order chi connectivity index (χ0) is 23.7. The molecule has 9 heteroatoms. The number of unbranched alkanes of at least 4 members (excludes halogenated alkanes) is 1. The van der Waals surface area contributed by atoms with E-state index >= 15 is 0 Å². The largest absolute Gasteiger partial charge is 0.493 e. The third-order valence-electron chi connectivity index (χ3n) is 5.07. The van der Waals surface area contributed by atoms with E-state index in [4.69, 9.17) is 8.92 Å². The van der Waals surface area contributed by atoms with E-state index in [1.807, 2.05) is 13.8 Å². The molecule has 0 saturated heterocycles. The Morgan fingerprint density at radius 3 is 2.41 bits per heavy atom. The van der Waals surface area contributed by atoms with Gasteiger partial charge in [0.1, 0.15) is 10.7 Å². The van der Waals surface area contributed by atoms with Crippen LogP contribution in [0.2, 0.25) is 0 Å². The standard InChI is InChI=1S/C23H31FN2O5S/c1-5-7-14-25-23(27)26(17(3)6-2)16-18-8-13-21(30-4)22(15-18)31-32(28,29)20-11-9-19(24)10-12-20/h8-13,15,17H,5-7,14,16H2,1-4H3,(H,25,27). The monoisotopic (exact) mass is 466 g/mol. The lowest BCUT2D eigenvalue weighted by Crippen LogP contribution is -2.44. The van der Waals surface area contributed by atoms with Crippen LogP contribution in [0.4, 0.5) is 9.18 Å². The number of hydrogen-bond acceptors (Lipinski definition) is 5. The Morgan fingerprint density at radius 1 is 1.12 bits per heavy atom. The van der Waals surface area contributed by atoms with Crippen molar-refractivity contribution in [3.8, 4) is 11.5 Å². The van der Waals surface area contributed by atoms with Crippen molar-refractivity contribution in [2.75, 3.05) is 13.7 Å². The maximum atomic E-state index is 13.2. The molecule has 0 aromatic heterocycles. The first-order valence-corrected chi connectivity index (χ1v) is 12.0. The molecule has 176 valence electrons. The van der Waals surface area contributed by atoms with Crippen molar-refractivity contribution < 1.29 is 26.5 Å². The number of carbonyl (C=O) groups is 1. The molecule has 0 aliphatic rings. The van der Waals surface area contributed by atoms with Crippen LogP contribution in [-0.2, 0) is 16.7 Å². The Kier molecular flexibility index (Phi) is 9.31. The van der Waals surface area contributed by atoms with E-state index in [0.717, 1.165) is 43.5 Å².